The van der Waals surface area contributed by atoms with E-state index < -0.39 is 71.7 Å². The molecule has 3 aliphatic rings. The van der Waals surface area contributed by atoms with Crippen LogP contribution in [-0.2, 0) is 44.8 Å². The molecule has 0 spiro atoms. The smallest absolute Gasteiger partial charge is 0.303 e. The molecule has 3 atom stereocenters. The highest BCUT2D eigenvalue weighted by molar-refractivity contribution is 5.98. The van der Waals surface area contributed by atoms with Crippen molar-refractivity contribution in [1.82, 2.24) is 40.8 Å². The Morgan fingerprint density at radius 3 is 2.22 bits per heavy atom. The number of nitrogens with zero attached hydrogens (tertiary/aromatic N) is 4. The Balaban J connectivity index is 0.00000204. The lowest BCUT2D eigenvalue weighted by atomic mass is 9.68. The highest BCUT2D eigenvalue weighted by atomic mass is 19.1. The summed E-state index contributed by atoms with van der Waals surface area (Å²) in [4.78, 5) is 85.5. The molecule has 0 saturated heterocycles. The number of rotatable bonds is 26. The molecule has 77 heavy (non-hydrogen) atoms. The molecule has 20 nitrogen and oxygen atoms in total. The number of amides is 4. The van der Waals surface area contributed by atoms with Gasteiger partial charge in [0.05, 0.1) is 37.8 Å². The summed E-state index contributed by atoms with van der Waals surface area (Å²) in [6.45, 7) is 18.3. The fourth-order valence-corrected chi connectivity index (χ4v) is 8.87. The van der Waals surface area contributed by atoms with Gasteiger partial charge >= 0.3 is 5.97 Å². The number of benzene rings is 1. The predicted octanol–water partition coefficient (Wildman–Crippen LogP) is 7.06. The number of carboxylic acid groups (broad SMARTS) is 2. The van der Waals surface area contributed by atoms with Gasteiger partial charge in [-0.05, 0) is 88.5 Å². The number of carbonyl (C=O) groups excluding carboxylic acids is 4. The zero-order valence-electron chi connectivity index (χ0n) is 46.0. The highest BCUT2D eigenvalue weighted by Gasteiger charge is 2.36. The first-order chi connectivity index (χ1) is 36.5. The molecular formula is C55H80F2N10O10. The number of nitrogens with one attached hydrogen (secondary N) is 6. The van der Waals surface area contributed by atoms with E-state index in [0.717, 1.165) is 37.2 Å². The van der Waals surface area contributed by atoms with E-state index in [2.05, 4.69) is 74.5 Å². The molecule has 1 aromatic carbocycles. The van der Waals surface area contributed by atoms with Gasteiger partial charge in [0, 0.05) is 66.4 Å². The van der Waals surface area contributed by atoms with Crippen molar-refractivity contribution in [1.29, 1.82) is 0 Å². The van der Waals surface area contributed by atoms with Gasteiger partial charge in [0.15, 0.2) is 17.5 Å². The van der Waals surface area contributed by atoms with E-state index >= 15 is 4.39 Å². The van der Waals surface area contributed by atoms with Gasteiger partial charge in [-0.25, -0.2) is 23.7 Å². The van der Waals surface area contributed by atoms with Crippen molar-refractivity contribution in [2.75, 3.05) is 43.5 Å². The topological polar surface area (TPSA) is 277 Å². The van der Waals surface area contributed by atoms with Crippen molar-refractivity contribution in [3.05, 3.63) is 66.1 Å². The van der Waals surface area contributed by atoms with Crippen molar-refractivity contribution in [2.24, 2.45) is 17.3 Å². The standard InChI is InChI=1S/C51H70F2N10O8.C3H8.CH2O2/c1-30(2)57-29-51(6,7)71-21-20-70-19-18-50(4,5)49(69)61-40(16-17-43(65)66)48(68)56-26-42(64)58-31(3)47(67)59-36-14-10-33(11-15-36)27-63-28-38(37-23-35(52)24-55-46(37)63)44-54-25-39(53)45(62-44)60-41-22-32-8-12-34(41)13-9-32;1-3-2;2-1-3/h10-11,14-15,23-25,28,30-32,34,40-41,57H,8-9,12-13,16-22,26-27,29H2,1-7H3,(H,56,68)(H,58,64)(H,59,67)(H,61,69)(H,65,66)(H,54,60,62);3H2,1-2H3;1H,(H,2,3). The number of aliphatic carboxylic acids is 1. The Kier molecular flexibility index (Phi) is 24.8. The van der Waals surface area contributed by atoms with E-state index in [1.54, 1.807) is 44.3 Å². The first kappa shape index (κ1) is 62.9. The maximum Gasteiger partial charge on any atom is 0.303 e. The molecule has 3 aliphatic carbocycles. The normalized spacial score (nSPS) is 16.7. The van der Waals surface area contributed by atoms with Crippen molar-refractivity contribution >= 4 is 58.6 Å². The van der Waals surface area contributed by atoms with Crippen LogP contribution >= 0.6 is 0 Å². The molecule has 22 heteroatoms. The van der Waals surface area contributed by atoms with Gasteiger partial charge in [-0.15, -0.1) is 0 Å². The second-order valence-electron chi connectivity index (χ2n) is 21.2. The van der Waals surface area contributed by atoms with Gasteiger partial charge < -0.3 is 56.2 Å². The summed E-state index contributed by atoms with van der Waals surface area (Å²) in [6.07, 6.45) is 10.6. The summed E-state index contributed by atoms with van der Waals surface area (Å²) in [6, 6.07) is 6.50. The lowest BCUT2D eigenvalue weighted by Gasteiger charge is -2.42. The molecule has 8 N–H and O–H groups in total. The number of anilines is 2. The van der Waals surface area contributed by atoms with Gasteiger partial charge in [0.1, 0.15) is 23.5 Å². The quantitative estimate of drug-likeness (QED) is 0.0231. The van der Waals surface area contributed by atoms with Crippen LogP contribution in [0.4, 0.5) is 20.3 Å². The number of hydrogen-bond acceptors (Lipinski definition) is 13. The fraction of sp³-hybridized carbons (Fsp3) is 0.582. The minimum absolute atomic E-state index is 0.128. The SMILES string of the molecule is CC(C)NCC(C)(C)OCCOCCC(C)(C)C(=O)NC(CCC(=O)O)C(=O)NCC(=O)NC(C)C(=O)Nc1ccc(Cn2cc(-c3ncc(F)c(NC4CC5CCC4CC5)n3)c3cc(F)cnc32)cc1.CCC.O=CO. The Morgan fingerprint density at radius 2 is 1.60 bits per heavy atom. The van der Waals surface area contributed by atoms with E-state index in [1.807, 2.05) is 18.4 Å². The first-order valence-corrected chi connectivity index (χ1v) is 26.5. The summed E-state index contributed by atoms with van der Waals surface area (Å²) in [5, 5.41) is 33.7. The van der Waals surface area contributed by atoms with Gasteiger partial charge in [-0.1, -0.05) is 72.9 Å². The Hall–Kier alpha value is -6.65. The number of pyridine rings is 1. The average molecular weight is 1080 g/mol. The summed E-state index contributed by atoms with van der Waals surface area (Å²) < 4.78 is 43.1. The van der Waals surface area contributed by atoms with Crippen LogP contribution in [0.15, 0.2) is 48.9 Å². The molecule has 3 aromatic heterocycles. The minimum Gasteiger partial charge on any atom is -0.483 e. The molecule has 3 saturated carbocycles. The summed E-state index contributed by atoms with van der Waals surface area (Å²) >= 11 is 0. The molecule has 7 rings (SSSR count). The summed E-state index contributed by atoms with van der Waals surface area (Å²) in [5.74, 6) is -3.27. The van der Waals surface area contributed by atoms with Crippen LogP contribution in [0.5, 0.6) is 0 Å². The van der Waals surface area contributed by atoms with Crippen molar-refractivity contribution < 1.29 is 57.2 Å². The van der Waals surface area contributed by atoms with Gasteiger partial charge in [0.2, 0.25) is 23.6 Å². The molecule has 424 valence electrons. The van der Waals surface area contributed by atoms with Crippen molar-refractivity contribution in [3.8, 4) is 11.4 Å². The Labute approximate surface area is 450 Å². The van der Waals surface area contributed by atoms with E-state index in [1.165, 1.54) is 32.3 Å². The van der Waals surface area contributed by atoms with Crippen LogP contribution in [0.3, 0.4) is 0 Å². The second-order valence-corrected chi connectivity index (χ2v) is 21.2. The number of ether oxygens (including phenoxy) is 2. The maximum atomic E-state index is 15.1. The van der Waals surface area contributed by atoms with E-state index in [0.29, 0.717) is 72.9 Å². The molecule has 3 unspecified atom stereocenters. The van der Waals surface area contributed by atoms with Crippen LogP contribution in [0, 0.1) is 28.9 Å². The van der Waals surface area contributed by atoms with Gasteiger partial charge in [-0.2, -0.15) is 0 Å². The molecule has 3 fully saturated rings. The van der Waals surface area contributed by atoms with Crippen LogP contribution in [-0.4, -0.2) is 128 Å². The van der Waals surface area contributed by atoms with E-state index in [9.17, 15) is 33.5 Å². The molecule has 3 heterocycles. The maximum absolute atomic E-state index is 15.1. The number of hydrogen-bond donors (Lipinski definition) is 8. The molecular weight excluding hydrogens is 999 g/mol. The number of fused-ring (bicyclic) bond motifs is 4. The largest absolute Gasteiger partial charge is 0.483 e. The monoisotopic (exact) mass is 1080 g/mol. The number of carboxylic acids is 1. The zero-order chi connectivity index (χ0) is 56.9. The van der Waals surface area contributed by atoms with Crippen LogP contribution in [0.25, 0.3) is 22.4 Å². The predicted molar refractivity (Wildman–Crippen MR) is 289 cm³/mol. The lowest BCUT2D eigenvalue weighted by Crippen LogP contribution is -2.53. The lowest BCUT2D eigenvalue weighted by molar-refractivity contribution is -0.139. The fourth-order valence-electron chi connectivity index (χ4n) is 8.87. The van der Waals surface area contributed by atoms with E-state index in [4.69, 9.17) is 19.4 Å². The third-order valence-electron chi connectivity index (χ3n) is 13.2. The molecule has 2 bridgehead atoms. The molecule has 4 aromatic rings. The van der Waals surface area contributed by atoms with Crippen molar-refractivity contribution in [3.63, 3.8) is 0 Å². The van der Waals surface area contributed by atoms with Crippen molar-refractivity contribution in [2.45, 2.75) is 156 Å². The number of carbonyl (C=O) groups is 6. The van der Waals surface area contributed by atoms with Crippen LogP contribution < -0.4 is 31.9 Å². The molecule has 4 amide bonds. The van der Waals surface area contributed by atoms with Gasteiger partial charge in [0.25, 0.3) is 6.47 Å². The summed E-state index contributed by atoms with van der Waals surface area (Å²) in [5.41, 5.74) is 0.848. The zero-order valence-corrected chi connectivity index (χ0v) is 46.0. The number of halogens is 2. The van der Waals surface area contributed by atoms with Crippen LogP contribution in [0.1, 0.15) is 126 Å². The summed E-state index contributed by atoms with van der Waals surface area (Å²) in [7, 11) is 0. The van der Waals surface area contributed by atoms with E-state index in [-0.39, 0.29) is 42.8 Å². The minimum atomic E-state index is -1.25. The third-order valence-corrected chi connectivity index (χ3v) is 13.2. The second kappa shape index (κ2) is 30.3. The Morgan fingerprint density at radius 1 is 0.922 bits per heavy atom. The van der Waals surface area contributed by atoms with Crippen LogP contribution in [0.2, 0.25) is 0 Å². The first-order valence-electron chi connectivity index (χ1n) is 26.5. The highest BCUT2D eigenvalue weighted by Crippen LogP contribution is 2.42. The average Bonchev–Trinajstić information content (AvgIpc) is 3.73. The van der Waals surface area contributed by atoms with Gasteiger partial charge in [-0.3, -0.25) is 28.8 Å². The Bertz CT molecular complexity index is 2570. The molecule has 0 aliphatic heterocycles. The third kappa shape index (κ3) is 20.3. The number of aromatic nitrogens is 4. The molecule has 0 radical (unpaired) electrons.